The monoisotopic (exact) mass is 212 g/mol. The summed E-state index contributed by atoms with van der Waals surface area (Å²) in [6.07, 6.45) is 4.97. The zero-order valence-corrected chi connectivity index (χ0v) is 7.13. The van der Waals surface area contributed by atoms with E-state index in [0.29, 0.717) is 0 Å². The van der Waals surface area contributed by atoms with Crippen LogP contribution in [0.25, 0.3) is 0 Å². The molecule has 0 spiro atoms. The van der Waals surface area contributed by atoms with E-state index in [4.69, 9.17) is 0 Å². The van der Waals surface area contributed by atoms with Gasteiger partial charge in [0, 0.05) is 28.5 Å². The zero-order chi connectivity index (χ0) is 7.84. The highest BCUT2D eigenvalue weighted by molar-refractivity contribution is 9.12. The van der Waals surface area contributed by atoms with E-state index in [0.717, 1.165) is 10.1 Å². The SMILES string of the molecule is O=C1C=C2C(Br)=CN=CC2N1. The molecule has 0 aromatic carbocycles. The Bertz CT molecular complexity index is 304. The van der Waals surface area contributed by atoms with E-state index in [2.05, 4.69) is 26.2 Å². The van der Waals surface area contributed by atoms with Gasteiger partial charge in [-0.15, -0.1) is 0 Å². The Labute approximate surface area is 72.0 Å². The minimum atomic E-state index is -0.0521. The Hall–Kier alpha value is -0.900. The number of carbonyl (C=O) groups is 1. The summed E-state index contributed by atoms with van der Waals surface area (Å²) in [6, 6.07) is -0.0260. The molecular weight excluding hydrogens is 208 g/mol. The lowest BCUT2D eigenvalue weighted by Crippen LogP contribution is -2.30. The standard InChI is InChI=1S/C7H5BrN2O/c8-5-2-9-3-6-4(5)1-7(11)10-6/h1-3,6H,(H,10,11). The Morgan fingerprint density at radius 2 is 2.45 bits per heavy atom. The second-order valence-electron chi connectivity index (χ2n) is 2.36. The smallest absolute Gasteiger partial charge is 0.245 e. The van der Waals surface area contributed by atoms with Crippen LogP contribution in [0.2, 0.25) is 0 Å². The molecule has 4 heteroatoms. The van der Waals surface area contributed by atoms with Crippen LogP contribution in [0.4, 0.5) is 0 Å². The topological polar surface area (TPSA) is 41.5 Å². The molecule has 0 radical (unpaired) electrons. The molecule has 2 heterocycles. The van der Waals surface area contributed by atoms with Gasteiger partial charge in [0.15, 0.2) is 0 Å². The van der Waals surface area contributed by atoms with E-state index < -0.39 is 0 Å². The van der Waals surface area contributed by atoms with Gasteiger partial charge in [0.05, 0.1) is 6.04 Å². The number of amides is 1. The van der Waals surface area contributed by atoms with Crippen LogP contribution >= 0.6 is 15.9 Å². The number of hydrogen-bond acceptors (Lipinski definition) is 2. The van der Waals surface area contributed by atoms with Crippen molar-refractivity contribution in [2.75, 3.05) is 0 Å². The van der Waals surface area contributed by atoms with Crippen LogP contribution in [-0.4, -0.2) is 18.2 Å². The van der Waals surface area contributed by atoms with Gasteiger partial charge in [0.25, 0.3) is 0 Å². The van der Waals surface area contributed by atoms with Crippen molar-refractivity contribution in [1.29, 1.82) is 0 Å². The van der Waals surface area contributed by atoms with Crippen molar-refractivity contribution < 1.29 is 4.79 Å². The second-order valence-corrected chi connectivity index (χ2v) is 3.22. The lowest BCUT2D eigenvalue weighted by molar-refractivity contribution is -0.115. The van der Waals surface area contributed by atoms with E-state index in [1.807, 2.05) is 0 Å². The summed E-state index contributed by atoms with van der Waals surface area (Å²) in [4.78, 5) is 14.8. The average molecular weight is 213 g/mol. The summed E-state index contributed by atoms with van der Waals surface area (Å²) in [6.45, 7) is 0. The van der Waals surface area contributed by atoms with E-state index in [9.17, 15) is 4.79 Å². The molecule has 2 aliphatic heterocycles. The highest BCUT2D eigenvalue weighted by Crippen LogP contribution is 2.25. The average Bonchev–Trinajstić information content (AvgIpc) is 2.31. The summed E-state index contributed by atoms with van der Waals surface area (Å²) >= 11 is 3.31. The van der Waals surface area contributed by atoms with Crippen LogP contribution in [0.1, 0.15) is 0 Å². The van der Waals surface area contributed by atoms with E-state index in [-0.39, 0.29) is 11.9 Å². The maximum Gasteiger partial charge on any atom is 0.245 e. The molecule has 0 saturated heterocycles. The highest BCUT2D eigenvalue weighted by atomic mass is 79.9. The molecule has 0 fully saturated rings. The number of carbonyl (C=O) groups excluding carboxylic acids is 1. The van der Waals surface area contributed by atoms with E-state index in [1.54, 1.807) is 18.5 Å². The summed E-state index contributed by atoms with van der Waals surface area (Å²) in [5, 5.41) is 2.73. The van der Waals surface area contributed by atoms with Crippen LogP contribution in [-0.2, 0) is 4.79 Å². The first kappa shape index (κ1) is 6.79. The molecule has 0 bridgehead atoms. The lowest BCUT2D eigenvalue weighted by atomic mass is 10.1. The Morgan fingerprint density at radius 3 is 3.18 bits per heavy atom. The van der Waals surface area contributed by atoms with Crippen molar-refractivity contribution in [2.45, 2.75) is 6.04 Å². The van der Waals surface area contributed by atoms with Crippen LogP contribution < -0.4 is 5.32 Å². The molecule has 0 aliphatic carbocycles. The van der Waals surface area contributed by atoms with Crippen LogP contribution in [0.5, 0.6) is 0 Å². The maximum absolute atomic E-state index is 10.9. The largest absolute Gasteiger partial charge is 0.341 e. The van der Waals surface area contributed by atoms with Crippen molar-refractivity contribution in [3.8, 4) is 0 Å². The molecule has 2 rings (SSSR count). The molecule has 1 atom stereocenters. The van der Waals surface area contributed by atoms with Gasteiger partial charge in [-0.1, -0.05) is 0 Å². The maximum atomic E-state index is 10.9. The zero-order valence-electron chi connectivity index (χ0n) is 5.54. The molecule has 0 aromatic heterocycles. The highest BCUT2D eigenvalue weighted by Gasteiger charge is 2.25. The van der Waals surface area contributed by atoms with Gasteiger partial charge < -0.3 is 5.32 Å². The fourth-order valence-corrected chi connectivity index (χ4v) is 1.59. The van der Waals surface area contributed by atoms with Crippen molar-refractivity contribution in [3.05, 3.63) is 22.3 Å². The molecule has 1 N–H and O–H groups in total. The fourth-order valence-electron chi connectivity index (χ4n) is 1.11. The molecule has 3 nitrogen and oxygen atoms in total. The van der Waals surface area contributed by atoms with Crippen molar-refractivity contribution in [2.24, 2.45) is 4.99 Å². The van der Waals surface area contributed by atoms with Crippen LogP contribution in [0.3, 0.4) is 0 Å². The molecule has 2 aliphatic rings. The third-order valence-electron chi connectivity index (χ3n) is 1.62. The molecule has 11 heavy (non-hydrogen) atoms. The first-order valence-electron chi connectivity index (χ1n) is 3.19. The first-order chi connectivity index (χ1) is 5.27. The van der Waals surface area contributed by atoms with Gasteiger partial charge in [-0.05, 0) is 15.9 Å². The summed E-state index contributed by atoms with van der Waals surface area (Å²) in [5.74, 6) is -0.0521. The number of fused-ring (bicyclic) bond motifs is 1. The lowest BCUT2D eigenvalue weighted by Gasteiger charge is -2.11. The van der Waals surface area contributed by atoms with Gasteiger partial charge in [-0.3, -0.25) is 9.79 Å². The number of nitrogens with zero attached hydrogens (tertiary/aromatic N) is 1. The van der Waals surface area contributed by atoms with Crippen molar-refractivity contribution >= 4 is 28.1 Å². The molecule has 56 valence electrons. The second kappa shape index (κ2) is 2.30. The van der Waals surface area contributed by atoms with Crippen molar-refractivity contribution in [3.63, 3.8) is 0 Å². The summed E-state index contributed by atoms with van der Waals surface area (Å²) < 4.78 is 0.878. The quantitative estimate of drug-likeness (QED) is 0.633. The number of hydrogen-bond donors (Lipinski definition) is 1. The third kappa shape index (κ3) is 1.03. The minimum Gasteiger partial charge on any atom is -0.341 e. The molecule has 0 saturated carbocycles. The Balaban J connectivity index is 2.43. The first-order valence-corrected chi connectivity index (χ1v) is 3.98. The Kier molecular flexibility index (Phi) is 1.42. The Morgan fingerprint density at radius 1 is 1.64 bits per heavy atom. The van der Waals surface area contributed by atoms with Gasteiger partial charge in [0.1, 0.15) is 0 Å². The fraction of sp³-hybridized carbons (Fsp3) is 0.143. The molecule has 1 amide bonds. The van der Waals surface area contributed by atoms with Gasteiger partial charge in [0.2, 0.25) is 5.91 Å². The summed E-state index contributed by atoms with van der Waals surface area (Å²) in [7, 11) is 0. The predicted octanol–water partition coefficient (Wildman–Crippen LogP) is 0.732. The van der Waals surface area contributed by atoms with Crippen molar-refractivity contribution in [1.82, 2.24) is 5.32 Å². The number of rotatable bonds is 0. The molecule has 1 unspecified atom stereocenters. The predicted molar refractivity (Wildman–Crippen MR) is 45.5 cm³/mol. The van der Waals surface area contributed by atoms with Gasteiger partial charge >= 0.3 is 0 Å². The molecule has 0 aromatic rings. The van der Waals surface area contributed by atoms with Gasteiger partial charge in [-0.25, -0.2) is 0 Å². The van der Waals surface area contributed by atoms with E-state index >= 15 is 0 Å². The van der Waals surface area contributed by atoms with Crippen LogP contribution in [0, 0.1) is 0 Å². The minimum absolute atomic E-state index is 0.0260. The third-order valence-corrected chi connectivity index (χ3v) is 2.28. The van der Waals surface area contributed by atoms with Crippen LogP contribution in [0.15, 0.2) is 27.3 Å². The molecular formula is C7H5BrN2O. The van der Waals surface area contributed by atoms with Gasteiger partial charge in [-0.2, -0.15) is 0 Å². The number of aliphatic imine (C=N–C) groups is 1. The normalized spacial score (nSPS) is 27.4. The number of halogens is 1. The summed E-state index contributed by atoms with van der Waals surface area (Å²) in [5.41, 5.74) is 0.963. The number of nitrogens with one attached hydrogen (secondary N) is 1. The van der Waals surface area contributed by atoms with E-state index in [1.165, 1.54) is 0 Å².